The van der Waals surface area contributed by atoms with E-state index in [2.05, 4.69) is 16.3 Å². The molecule has 6 atom stereocenters. The van der Waals surface area contributed by atoms with Crippen molar-refractivity contribution in [1.82, 2.24) is 10.2 Å². The van der Waals surface area contributed by atoms with Gasteiger partial charge in [-0.15, -0.1) is 0 Å². The molecule has 10 nitrogen and oxygen atoms in total. The van der Waals surface area contributed by atoms with Crippen LogP contribution in [0, 0.1) is 27.4 Å². The molecule has 4 aliphatic heterocycles. The first-order valence-corrected chi connectivity index (χ1v) is 10.9. The molecule has 6 aliphatic rings. The van der Waals surface area contributed by atoms with E-state index in [9.17, 15) is 24.5 Å². The first kappa shape index (κ1) is 19.8. The van der Waals surface area contributed by atoms with Crippen molar-refractivity contribution in [1.29, 1.82) is 0 Å². The molecule has 1 N–H and O–H groups in total. The van der Waals surface area contributed by atoms with Gasteiger partial charge in [-0.05, 0) is 37.0 Å². The number of nitrogens with one attached hydrogen (secondary N) is 1. The predicted molar refractivity (Wildman–Crippen MR) is 108 cm³/mol. The largest absolute Gasteiger partial charge is 0.469 e. The molecule has 2 aliphatic carbocycles. The van der Waals surface area contributed by atoms with Gasteiger partial charge in [0.15, 0.2) is 0 Å². The summed E-state index contributed by atoms with van der Waals surface area (Å²) in [4.78, 5) is 50.6. The minimum atomic E-state index is -1.09. The number of piperidine rings is 1. The third kappa shape index (κ3) is 2.34. The smallest absolute Gasteiger partial charge is 0.343 e. The summed E-state index contributed by atoms with van der Waals surface area (Å²) in [6.07, 6.45) is 4.62. The van der Waals surface area contributed by atoms with Gasteiger partial charge in [-0.2, -0.15) is 0 Å². The Labute approximate surface area is 183 Å². The summed E-state index contributed by atoms with van der Waals surface area (Å²) >= 11 is 0. The molecule has 0 unspecified atom stereocenters. The van der Waals surface area contributed by atoms with E-state index < -0.39 is 33.7 Å². The predicted octanol–water partition coefficient (Wildman–Crippen LogP) is 0.123. The SMILES string of the molecule is COC(=O)C[C@@H]1OCC=C2CN3CC[C@]45C6=CC(=O)C(=O)C([N+](=O)[O-])=C6N[C@@H]4[C@H]1[C@@H]2C[C@@H]35. The summed E-state index contributed by atoms with van der Waals surface area (Å²) in [6.45, 7) is 1.99. The number of carbonyl (C=O) groups is 3. The van der Waals surface area contributed by atoms with Crippen molar-refractivity contribution < 1.29 is 28.8 Å². The van der Waals surface area contributed by atoms with Crippen LogP contribution >= 0.6 is 0 Å². The molecule has 0 amide bonds. The Bertz CT molecular complexity index is 1080. The Morgan fingerprint density at radius 3 is 3.00 bits per heavy atom. The summed E-state index contributed by atoms with van der Waals surface area (Å²) in [5, 5.41) is 15.1. The number of ether oxygens (including phenoxy) is 2. The van der Waals surface area contributed by atoms with Crippen LogP contribution in [0.3, 0.4) is 0 Å². The molecule has 0 aromatic carbocycles. The number of hydrogen-bond acceptors (Lipinski definition) is 9. The van der Waals surface area contributed by atoms with Crippen LogP contribution in [0.15, 0.2) is 34.7 Å². The topological polar surface area (TPSA) is 128 Å². The van der Waals surface area contributed by atoms with Gasteiger partial charge in [0.2, 0.25) is 5.78 Å². The summed E-state index contributed by atoms with van der Waals surface area (Å²) < 4.78 is 11.1. The molecule has 2 bridgehead atoms. The van der Waals surface area contributed by atoms with Crippen molar-refractivity contribution in [3.8, 4) is 0 Å². The third-order valence-corrected chi connectivity index (χ3v) is 8.48. The Morgan fingerprint density at radius 1 is 1.44 bits per heavy atom. The van der Waals surface area contributed by atoms with E-state index in [4.69, 9.17) is 9.47 Å². The maximum atomic E-state index is 12.5. The Balaban J connectivity index is 1.55. The molecule has 0 radical (unpaired) electrons. The quantitative estimate of drug-likeness (QED) is 0.162. The molecule has 4 fully saturated rings. The van der Waals surface area contributed by atoms with Crippen molar-refractivity contribution in [3.05, 3.63) is 44.8 Å². The molecule has 32 heavy (non-hydrogen) atoms. The standard InChI is InChI=1S/C22H23N3O7/c1-31-16(27)8-14-17-11-6-15-22(3-4-24(15)9-10(11)2-5-32-14)12-7-13(26)20(28)19(25(29)30)18(12)23-21(17)22/h2,7,11,14-15,17,21,23H,3-6,8-9H2,1H3/t11-,14+,15-,17+,21-,22-/m1/s1. The lowest BCUT2D eigenvalue weighted by Gasteiger charge is -2.55. The number of fused-ring (bicyclic) bond motifs is 2. The second kappa shape index (κ2) is 6.58. The number of nitro groups is 1. The first-order valence-electron chi connectivity index (χ1n) is 10.9. The zero-order chi connectivity index (χ0) is 22.4. The zero-order valence-electron chi connectivity index (χ0n) is 17.5. The first-order chi connectivity index (χ1) is 15.4. The lowest BCUT2D eigenvalue weighted by molar-refractivity contribution is -0.419. The fourth-order valence-corrected chi connectivity index (χ4v) is 7.31. The molecule has 168 valence electrons. The van der Waals surface area contributed by atoms with Crippen molar-refractivity contribution >= 4 is 17.5 Å². The fraction of sp³-hybridized carbons (Fsp3) is 0.591. The van der Waals surface area contributed by atoms with E-state index in [-0.39, 0.29) is 42.0 Å². The molecule has 3 saturated heterocycles. The van der Waals surface area contributed by atoms with Gasteiger partial charge in [0.25, 0.3) is 0 Å². The van der Waals surface area contributed by atoms with Gasteiger partial charge < -0.3 is 14.8 Å². The number of carbonyl (C=O) groups excluding carboxylic acids is 3. The molecule has 0 aromatic heterocycles. The van der Waals surface area contributed by atoms with Crippen LogP contribution in [0.5, 0.6) is 0 Å². The van der Waals surface area contributed by atoms with Crippen LogP contribution in [0.25, 0.3) is 0 Å². The van der Waals surface area contributed by atoms with Crippen LogP contribution in [0.1, 0.15) is 19.3 Å². The highest BCUT2D eigenvalue weighted by Gasteiger charge is 2.69. The van der Waals surface area contributed by atoms with Crippen molar-refractivity contribution in [2.75, 3.05) is 26.8 Å². The Kier molecular flexibility index (Phi) is 4.07. The number of nitrogens with zero attached hydrogens (tertiary/aromatic N) is 2. The number of ketones is 2. The van der Waals surface area contributed by atoms with Gasteiger partial charge in [-0.3, -0.25) is 29.4 Å². The average Bonchev–Trinajstić information content (AvgIpc) is 3.24. The third-order valence-electron chi connectivity index (χ3n) is 8.48. The summed E-state index contributed by atoms with van der Waals surface area (Å²) in [6, 6.07) is -0.185. The second-order valence-electron chi connectivity index (χ2n) is 9.48. The molecular weight excluding hydrogens is 418 g/mol. The van der Waals surface area contributed by atoms with Crippen LogP contribution < -0.4 is 5.32 Å². The van der Waals surface area contributed by atoms with Gasteiger partial charge in [0.1, 0.15) is 5.70 Å². The summed E-state index contributed by atoms with van der Waals surface area (Å²) in [7, 11) is 1.34. The molecule has 0 aromatic rings. The Hall–Kier alpha value is -2.85. The average molecular weight is 441 g/mol. The highest BCUT2D eigenvalue weighted by molar-refractivity contribution is 6.48. The normalized spacial score (nSPS) is 39.5. The van der Waals surface area contributed by atoms with Crippen LogP contribution in [0.4, 0.5) is 0 Å². The number of allylic oxidation sites excluding steroid dienone is 3. The van der Waals surface area contributed by atoms with Crippen molar-refractivity contribution in [3.63, 3.8) is 0 Å². The number of esters is 1. The Morgan fingerprint density at radius 2 is 2.25 bits per heavy atom. The van der Waals surface area contributed by atoms with Gasteiger partial charge in [0, 0.05) is 30.0 Å². The molecule has 6 rings (SSSR count). The van der Waals surface area contributed by atoms with E-state index >= 15 is 0 Å². The highest BCUT2D eigenvalue weighted by atomic mass is 16.6. The zero-order valence-corrected chi connectivity index (χ0v) is 17.5. The number of Topliss-reactive ketones (excluding diaryl/α,β-unsaturated/α-hetero) is 1. The van der Waals surface area contributed by atoms with E-state index in [1.807, 2.05) is 0 Å². The van der Waals surface area contributed by atoms with Gasteiger partial charge >= 0.3 is 17.4 Å². The fourth-order valence-electron chi connectivity index (χ4n) is 7.31. The van der Waals surface area contributed by atoms with E-state index in [1.165, 1.54) is 18.8 Å². The maximum Gasteiger partial charge on any atom is 0.343 e. The minimum absolute atomic E-state index is 0.0828. The number of methoxy groups -OCH3 is 1. The lowest BCUT2D eigenvalue weighted by atomic mass is 9.54. The highest BCUT2D eigenvalue weighted by Crippen LogP contribution is 2.64. The van der Waals surface area contributed by atoms with E-state index in [0.717, 1.165) is 25.9 Å². The molecular formula is C22H23N3O7. The molecule has 10 heteroatoms. The summed E-state index contributed by atoms with van der Waals surface area (Å²) in [5.41, 5.74) is 0.820. The van der Waals surface area contributed by atoms with Crippen molar-refractivity contribution in [2.45, 2.75) is 37.5 Å². The molecule has 1 saturated carbocycles. The monoisotopic (exact) mass is 441 g/mol. The minimum Gasteiger partial charge on any atom is -0.469 e. The van der Waals surface area contributed by atoms with Gasteiger partial charge in [0.05, 0.1) is 31.2 Å². The van der Waals surface area contributed by atoms with Crippen LogP contribution in [-0.2, 0) is 23.9 Å². The number of rotatable bonds is 3. The van der Waals surface area contributed by atoms with Crippen LogP contribution in [0.2, 0.25) is 0 Å². The van der Waals surface area contributed by atoms with E-state index in [0.29, 0.717) is 12.2 Å². The molecule has 4 heterocycles. The second-order valence-corrected chi connectivity index (χ2v) is 9.48. The summed E-state index contributed by atoms with van der Waals surface area (Å²) in [5.74, 6) is -2.28. The maximum absolute atomic E-state index is 12.5. The van der Waals surface area contributed by atoms with Crippen LogP contribution in [-0.4, -0.2) is 72.4 Å². The number of hydrogen-bond donors (Lipinski definition) is 1. The van der Waals surface area contributed by atoms with E-state index in [1.54, 1.807) is 0 Å². The van der Waals surface area contributed by atoms with Gasteiger partial charge in [-0.1, -0.05) is 11.6 Å². The van der Waals surface area contributed by atoms with Crippen molar-refractivity contribution in [2.24, 2.45) is 17.3 Å². The van der Waals surface area contributed by atoms with Gasteiger partial charge in [-0.25, -0.2) is 0 Å². The lowest BCUT2D eigenvalue weighted by Crippen LogP contribution is -2.63. The molecule has 1 spiro atoms.